The number of likely N-dealkylation sites (tertiary alicyclic amines) is 1. The molecule has 0 bridgehead atoms. The molecule has 1 fully saturated rings. The quantitative estimate of drug-likeness (QED) is 0.625. The van der Waals surface area contributed by atoms with Gasteiger partial charge >= 0.3 is 0 Å². The molecule has 86 valence electrons. The first-order valence-corrected chi connectivity index (χ1v) is 5.74. The zero-order valence-corrected chi connectivity index (χ0v) is 9.65. The molecule has 1 N–H and O–H groups in total. The lowest BCUT2D eigenvalue weighted by Gasteiger charge is -2.25. The molecule has 0 amide bonds. The van der Waals surface area contributed by atoms with Crippen molar-refractivity contribution in [2.45, 2.75) is 18.9 Å². The van der Waals surface area contributed by atoms with E-state index in [9.17, 15) is 0 Å². The minimum Gasteiger partial charge on any atom is -0.369 e. The Morgan fingerprint density at radius 2 is 1.88 bits per heavy atom. The van der Waals surface area contributed by atoms with Crippen molar-refractivity contribution in [3.63, 3.8) is 0 Å². The number of ether oxygens (including phenoxy) is 1. The summed E-state index contributed by atoms with van der Waals surface area (Å²) in [6.07, 6.45) is 2.15. The molecule has 0 saturated carbocycles. The van der Waals surface area contributed by atoms with Gasteiger partial charge in [0.2, 0.25) is 0 Å². The molecule has 0 aromatic heterocycles. The van der Waals surface area contributed by atoms with E-state index in [4.69, 9.17) is 10.1 Å². The molecule has 1 saturated heterocycles. The Labute approximate surface area is 96.5 Å². The lowest BCUT2D eigenvalue weighted by atomic mass is 10.1. The van der Waals surface area contributed by atoms with Gasteiger partial charge in [0, 0.05) is 20.2 Å². The van der Waals surface area contributed by atoms with E-state index < -0.39 is 0 Å². The van der Waals surface area contributed by atoms with Crippen LogP contribution in [0.3, 0.4) is 0 Å². The van der Waals surface area contributed by atoms with Crippen LogP contribution in [0.1, 0.15) is 24.5 Å². The number of methoxy groups -OCH3 is 1. The van der Waals surface area contributed by atoms with Gasteiger partial charge in [0.1, 0.15) is 11.9 Å². The highest BCUT2D eigenvalue weighted by molar-refractivity contribution is 5.85. The highest BCUT2D eigenvalue weighted by Gasteiger charge is 2.23. The highest BCUT2D eigenvalue weighted by Crippen LogP contribution is 2.21. The minimum absolute atomic E-state index is 0.223. The molecule has 1 aromatic carbocycles. The van der Waals surface area contributed by atoms with E-state index >= 15 is 0 Å². The first-order valence-electron chi connectivity index (χ1n) is 5.74. The second-order valence-corrected chi connectivity index (χ2v) is 4.11. The number of amidine groups is 1. The van der Waals surface area contributed by atoms with E-state index in [1.165, 1.54) is 12.8 Å². The Morgan fingerprint density at radius 3 is 2.44 bits per heavy atom. The molecule has 1 aliphatic rings. The predicted molar refractivity (Wildman–Crippen MR) is 64.7 cm³/mol. The lowest BCUT2D eigenvalue weighted by Crippen LogP contribution is -2.32. The molecule has 0 spiro atoms. The van der Waals surface area contributed by atoms with Crippen LogP contribution in [0.15, 0.2) is 30.3 Å². The van der Waals surface area contributed by atoms with Gasteiger partial charge < -0.3 is 9.64 Å². The molecule has 1 aromatic rings. The molecule has 1 aliphatic heterocycles. The van der Waals surface area contributed by atoms with Gasteiger partial charge in [0.05, 0.1) is 0 Å². The van der Waals surface area contributed by atoms with E-state index in [1.807, 2.05) is 30.3 Å². The van der Waals surface area contributed by atoms with Crippen molar-refractivity contribution in [2.24, 2.45) is 0 Å². The van der Waals surface area contributed by atoms with Crippen LogP contribution < -0.4 is 0 Å². The smallest absolute Gasteiger partial charge is 0.139 e. The van der Waals surface area contributed by atoms with E-state index in [2.05, 4.69) is 4.90 Å². The van der Waals surface area contributed by atoms with Gasteiger partial charge in [-0.1, -0.05) is 30.3 Å². The fourth-order valence-corrected chi connectivity index (χ4v) is 2.16. The van der Waals surface area contributed by atoms with Crippen molar-refractivity contribution < 1.29 is 4.74 Å². The molecular weight excluding hydrogens is 200 g/mol. The number of hydrogen-bond donors (Lipinski definition) is 1. The fourth-order valence-electron chi connectivity index (χ4n) is 2.16. The maximum Gasteiger partial charge on any atom is 0.139 e. The molecule has 0 radical (unpaired) electrons. The van der Waals surface area contributed by atoms with E-state index in [-0.39, 0.29) is 6.10 Å². The summed E-state index contributed by atoms with van der Waals surface area (Å²) in [5.41, 5.74) is 1.06. The first kappa shape index (κ1) is 11.1. The third-order valence-electron chi connectivity index (χ3n) is 3.03. The average molecular weight is 218 g/mol. The summed E-state index contributed by atoms with van der Waals surface area (Å²) >= 11 is 0. The molecule has 0 aliphatic carbocycles. The second kappa shape index (κ2) is 5.12. The maximum atomic E-state index is 8.18. The summed E-state index contributed by atoms with van der Waals surface area (Å²) < 4.78 is 5.44. The van der Waals surface area contributed by atoms with Crippen molar-refractivity contribution in [2.75, 3.05) is 20.2 Å². The topological polar surface area (TPSA) is 36.3 Å². The molecular formula is C13H18N2O. The SMILES string of the molecule is COC(C(=N)N1CCCC1)c1ccccc1. The molecule has 1 heterocycles. The number of rotatable bonds is 3. The number of nitrogens with zero attached hydrogens (tertiary/aromatic N) is 1. The summed E-state index contributed by atoms with van der Waals surface area (Å²) in [6, 6.07) is 9.98. The molecule has 1 atom stereocenters. The van der Waals surface area contributed by atoms with Crippen LogP contribution in [0.4, 0.5) is 0 Å². The Balaban J connectivity index is 2.13. The summed E-state index contributed by atoms with van der Waals surface area (Å²) in [4.78, 5) is 2.11. The van der Waals surface area contributed by atoms with Gasteiger partial charge in [-0.25, -0.2) is 0 Å². The largest absolute Gasteiger partial charge is 0.369 e. The number of hydrogen-bond acceptors (Lipinski definition) is 2. The Bertz CT molecular complexity index is 344. The van der Waals surface area contributed by atoms with Crippen molar-refractivity contribution >= 4 is 5.84 Å². The van der Waals surface area contributed by atoms with E-state index in [1.54, 1.807) is 7.11 Å². The fraction of sp³-hybridized carbons (Fsp3) is 0.462. The Morgan fingerprint density at radius 1 is 1.25 bits per heavy atom. The highest BCUT2D eigenvalue weighted by atomic mass is 16.5. The van der Waals surface area contributed by atoms with E-state index in [0.717, 1.165) is 18.7 Å². The van der Waals surface area contributed by atoms with Gasteiger partial charge in [0.15, 0.2) is 0 Å². The standard InChI is InChI=1S/C13H18N2O/c1-16-12(11-7-3-2-4-8-11)13(14)15-9-5-6-10-15/h2-4,7-8,12,14H,5-6,9-10H2,1H3. The average Bonchev–Trinajstić information content (AvgIpc) is 2.85. The van der Waals surface area contributed by atoms with Gasteiger partial charge in [-0.3, -0.25) is 5.41 Å². The van der Waals surface area contributed by atoms with Crippen LogP contribution in [0, 0.1) is 5.41 Å². The predicted octanol–water partition coefficient (Wildman–Crippen LogP) is 2.45. The van der Waals surface area contributed by atoms with Crippen LogP contribution in [0.2, 0.25) is 0 Å². The molecule has 2 rings (SSSR count). The van der Waals surface area contributed by atoms with Crippen molar-refractivity contribution in [3.8, 4) is 0 Å². The zero-order chi connectivity index (χ0) is 11.4. The van der Waals surface area contributed by atoms with Crippen LogP contribution in [0.25, 0.3) is 0 Å². The first-order chi connectivity index (χ1) is 7.83. The van der Waals surface area contributed by atoms with Crippen LogP contribution in [0.5, 0.6) is 0 Å². The maximum absolute atomic E-state index is 8.18. The van der Waals surface area contributed by atoms with Crippen molar-refractivity contribution in [1.29, 1.82) is 5.41 Å². The van der Waals surface area contributed by atoms with Gasteiger partial charge in [-0.05, 0) is 18.4 Å². The van der Waals surface area contributed by atoms with Crippen LogP contribution >= 0.6 is 0 Å². The third kappa shape index (κ3) is 2.25. The normalized spacial score (nSPS) is 17.4. The molecule has 3 heteroatoms. The van der Waals surface area contributed by atoms with Gasteiger partial charge in [-0.15, -0.1) is 0 Å². The summed E-state index contributed by atoms with van der Waals surface area (Å²) in [7, 11) is 1.67. The van der Waals surface area contributed by atoms with Crippen molar-refractivity contribution in [1.82, 2.24) is 4.90 Å². The Kier molecular flexibility index (Phi) is 3.57. The van der Waals surface area contributed by atoms with E-state index in [0.29, 0.717) is 5.84 Å². The van der Waals surface area contributed by atoms with Gasteiger partial charge in [-0.2, -0.15) is 0 Å². The molecule has 3 nitrogen and oxygen atoms in total. The second-order valence-electron chi connectivity index (χ2n) is 4.11. The lowest BCUT2D eigenvalue weighted by molar-refractivity contribution is 0.145. The Hall–Kier alpha value is -1.35. The molecule has 1 unspecified atom stereocenters. The zero-order valence-electron chi connectivity index (χ0n) is 9.65. The van der Waals surface area contributed by atoms with Crippen LogP contribution in [-0.2, 0) is 4.74 Å². The van der Waals surface area contributed by atoms with Crippen molar-refractivity contribution in [3.05, 3.63) is 35.9 Å². The monoisotopic (exact) mass is 218 g/mol. The number of benzene rings is 1. The van der Waals surface area contributed by atoms with Crippen LogP contribution in [-0.4, -0.2) is 30.9 Å². The summed E-state index contributed by atoms with van der Waals surface area (Å²) in [5, 5.41) is 8.18. The van der Waals surface area contributed by atoms with Gasteiger partial charge in [0.25, 0.3) is 0 Å². The molecule has 16 heavy (non-hydrogen) atoms. The minimum atomic E-state index is -0.223. The third-order valence-corrected chi connectivity index (χ3v) is 3.03. The summed E-state index contributed by atoms with van der Waals surface area (Å²) in [6.45, 7) is 1.98. The summed E-state index contributed by atoms with van der Waals surface area (Å²) in [5.74, 6) is 0.589. The number of nitrogens with one attached hydrogen (secondary N) is 1.